The first-order chi connectivity index (χ1) is 8.67. The van der Waals surface area contributed by atoms with E-state index in [-0.39, 0.29) is 23.8 Å². The van der Waals surface area contributed by atoms with E-state index in [0.29, 0.717) is 18.4 Å². The van der Waals surface area contributed by atoms with Crippen LogP contribution in [-0.4, -0.2) is 24.2 Å². The largest absolute Gasteiger partial charge is 0.396 e. The van der Waals surface area contributed by atoms with Crippen LogP contribution in [0.2, 0.25) is 0 Å². The molecule has 2 fully saturated rings. The van der Waals surface area contributed by atoms with Gasteiger partial charge in [-0.1, -0.05) is 26.7 Å². The zero-order valence-electron chi connectivity index (χ0n) is 11.7. The normalized spacial score (nSPS) is 30.7. The van der Waals surface area contributed by atoms with Crippen molar-refractivity contribution in [2.45, 2.75) is 52.4 Å². The molecular weight excluding hydrogens is 226 g/mol. The minimum atomic E-state index is -0.115. The quantitative estimate of drug-likeness (QED) is 0.763. The van der Waals surface area contributed by atoms with Crippen molar-refractivity contribution in [2.24, 2.45) is 23.2 Å². The van der Waals surface area contributed by atoms with Gasteiger partial charge in [0.15, 0.2) is 0 Å². The summed E-state index contributed by atoms with van der Waals surface area (Å²) >= 11 is 0. The Hall–Kier alpha value is -0.570. The molecule has 2 aliphatic carbocycles. The van der Waals surface area contributed by atoms with E-state index in [1.165, 1.54) is 25.7 Å². The predicted octanol–water partition coefficient (Wildman–Crippen LogP) is 2.34. The highest BCUT2D eigenvalue weighted by atomic mass is 16.3. The number of amides is 1. The standard InChI is InChI=1S/C15H27NO2/c1-3-15(4-2,10-17)9-16-14(18)13-11-7-5-6-8-12(11)13/h11-13,17H,3-10H2,1-2H3,(H,16,18). The summed E-state index contributed by atoms with van der Waals surface area (Å²) in [5.41, 5.74) is -0.115. The Balaban J connectivity index is 1.81. The second-order valence-electron chi connectivity index (χ2n) is 6.22. The van der Waals surface area contributed by atoms with E-state index in [9.17, 15) is 9.90 Å². The first kappa shape index (κ1) is 13.9. The van der Waals surface area contributed by atoms with Gasteiger partial charge in [0.25, 0.3) is 0 Å². The first-order valence-corrected chi connectivity index (χ1v) is 7.56. The zero-order valence-corrected chi connectivity index (χ0v) is 11.7. The number of nitrogens with one attached hydrogen (secondary N) is 1. The second kappa shape index (κ2) is 5.60. The molecule has 0 spiro atoms. The van der Waals surface area contributed by atoms with E-state index < -0.39 is 0 Å². The van der Waals surface area contributed by atoms with E-state index in [4.69, 9.17) is 0 Å². The monoisotopic (exact) mass is 253 g/mol. The molecule has 2 atom stereocenters. The van der Waals surface area contributed by atoms with Crippen molar-refractivity contribution in [2.75, 3.05) is 13.2 Å². The fourth-order valence-corrected chi connectivity index (χ4v) is 3.55. The molecule has 0 aromatic rings. The SMILES string of the molecule is CCC(CC)(CO)CNC(=O)C1C2CCCCC21. The fraction of sp³-hybridized carbons (Fsp3) is 0.933. The maximum atomic E-state index is 12.2. The Morgan fingerprint density at radius 2 is 1.78 bits per heavy atom. The minimum Gasteiger partial charge on any atom is -0.396 e. The zero-order chi connectivity index (χ0) is 13.2. The van der Waals surface area contributed by atoms with Crippen molar-refractivity contribution in [1.82, 2.24) is 5.32 Å². The Bertz CT molecular complexity index is 279. The van der Waals surface area contributed by atoms with Gasteiger partial charge in [-0.15, -0.1) is 0 Å². The van der Waals surface area contributed by atoms with E-state index in [1.54, 1.807) is 0 Å². The van der Waals surface area contributed by atoms with E-state index >= 15 is 0 Å². The van der Waals surface area contributed by atoms with E-state index in [1.807, 2.05) is 0 Å². The van der Waals surface area contributed by atoms with Gasteiger partial charge in [0.1, 0.15) is 0 Å². The molecule has 3 nitrogen and oxygen atoms in total. The van der Waals surface area contributed by atoms with Crippen LogP contribution in [0.4, 0.5) is 0 Å². The maximum absolute atomic E-state index is 12.2. The van der Waals surface area contributed by atoms with Crippen LogP contribution < -0.4 is 5.32 Å². The average molecular weight is 253 g/mol. The Morgan fingerprint density at radius 3 is 2.22 bits per heavy atom. The summed E-state index contributed by atoms with van der Waals surface area (Å²) in [6.45, 7) is 4.97. The van der Waals surface area contributed by atoms with Crippen molar-refractivity contribution >= 4 is 5.91 Å². The third kappa shape index (κ3) is 2.56. The summed E-state index contributed by atoms with van der Waals surface area (Å²) in [6, 6.07) is 0. The number of hydrogen-bond donors (Lipinski definition) is 2. The topological polar surface area (TPSA) is 49.3 Å². The van der Waals surface area contributed by atoms with E-state index in [2.05, 4.69) is 19.2 Å². The van der Waals surface area contributed by atoms with Crippen LogP contribution in [0.25, 0.3) is 0 Å². The summed E-state index contributed by atoms with van der Waals surface area (Å²) < 4.78 is 0. The Kier molecular flexibility index (Phi) is 4.31. The molecular formula is C15H27NO2. The maximum Gasteiger partial charge on any atom is 0.223 e. The number of rotatable bonds is 6. The molecule has 2 saturated carbocycles. The van der Waals surface area contributed by atoms with Crippen molar-refractivity contribution in [3.8, 4) is 0 Å². The molecule has 2 unspecified atom stereocenters. The number of aliphatic hydroxyl groups excluding tert-OH is 1. The van der Waals surface area contributed by atoms with Gasteiger partial charge in [0.2, 0.25) is 5.91 Å². The summed E-state index contributed by atoms with van der Waals surface area (Å²) in [5.74, 6) is 1.88. The number of carbonyl (C=O) groups is 1. The molecule has 0 saturated heterocycles. The number of hydrogen-bond acceptors (Lipinski definition) is 2. The van der Waals surface area contributed by atoms with Gasteiger partial charge in [-0.05, 0) is 37.5 Å². The van der Waals surface area contributed by atoms with Gasteiger partial charge in [-0.3, -0.25) is 4.79 Å². The number of aliphatic hydroxyl groups is 1. The Labute approximate surface area is 110 Å². The highest BCUT2D eigenvalue weighted by Gasteiger charge is 2.54. The third-order valence-electron chi connectivity index (χ3n) is 5.43. The minimum absolute atomic E-state index is 0.115. The lowest BCUT2D eigenvalue weighted by molar-refractivity contribution is -0.123. The highest BCUT2D eigenvalue weighted by Crippen LogP contribution is 2.55. The van der Waals surface area contributed by atoms with Gasteiger partial charge >= 0.3 is 0 Å². The molecule has 0 aliphatic heterocycles. The van der Waals surface area contributed by atoms with Crippen molar-refractivity contribution in [3.63, 3.8) is 0 Å². The molecule has 1 amide bonds. The van der Waals surface area contributed by atoms with Crippen molar-refractivity contribution in [3.05, 3.63) is 0 Å². The highest BCUT2D eigenvalue weighted by molar-refractivity contribution is 5.82. The Morgan fingerprint density at radius 1 is 1.22 bits per heavy atom. The molecule has 2 N–H and O–H groups in total. The van der Waals surface area contributed by atoms with Crippen LogP contribution in [0.5, 0.6) is 0 Å². The molecule has 2 aliphatic rings. The smallest absolute Gasteiger partial charge is 0.223 e. The summed E-state index contributed by atoms with van der Waals surface area (Å²) in [7, 11) is 0. The first-order valence-electron chi connectivity index (χ1n) is 7.56. The lowest BCUT2D eigenvalue weighted by Gasteiger charge is -2.29. The number of carbonyl (C=O) groups excluding carboxylic acids is 1. The lowest BCUT2D eigenvalue weighted by atomic mass is 9.83. The summed E-state index contributed by atoms with van der Waals surface area (Å²) in [5, 5.41) is 12.6. The van der Waals surface area contributed by atoms with Crippen LogP contribution in [0.3, 0.4) is 0 Å². The second-order valence-corrected chi connectivity index (χ2v) is 6.22. The summed E-state index contributed by atoms with van der Waals surface area (Å²) in [6.07, 6.45) is 6.92. The molecule has 104 valence electrons. The molecule has 0 aromatic heterocycles. The van der Waals surface area contributed by atoms with Crippen LogP contribution in [0.1, 0.15) is 52.4 Å². The molecule has 3 heteroatoms. The molecule has 0 bridgehead atoms. The van der Waals surface area contributed by atoms with Gasteiger partial charge in [0.05, 0.1) is 6.61 Å². The van der Waals surface area contributed by atoms with Crippen LogP contribution in [0, 0.1) is 23.2 Å². The predicted molar refractivity (Wildman–Crippen MR) is 72.0 cm³/mol. The van der Waals surface area contributed by atoms with Gasteiger partial charge in [0, 0.05) is 17.9 Å². The van der Waals surface area contributed by atoms with Gasteiger partial charge < -0.3 is 10.4 Å². The van der Waals surface area contributed by atoms with Crippen LogP contribution in [0.15, 0.2) is 0 Å². The lowest BCUT2D eigenvalue weighted by Crippen LogP contribution is -2.40. The van der Waals surface area contributed by atoms with Crippen LogP contribution in [-0.2, 0) is 4.79 Å². The summed E-state index contributed by atoms with van der Waals surface area (Å²) in [4.78, 5) is 12.2. The number of fused-ring (bicyclic) bond motifs is 1. The van der Waals surface area contributed by atoms with Crippen molar-refractivity contribution in [1.29, 1.82) is 0 Å². The molecule has 0 radical (unpaired) electrons. The molecule has 18 heavy (non-hydrogen) atoms. The van der Waals surface area contributed by atoms with Crippen LogP contribution >= 0.6 is 0 Å². The molecule has 2 rings (SSSR count). The fourth-order valence-electron chi connectivity index (χ4n) is 3.55. The van der Waals surface area contributed by atoms with Gasteiger partial charge in [-0.25, -0.2) is 0 Å². The average Bonchev–Trinajstić information content (AvgIpc) is 3.15. The molecule has 0 aromatic carbocycles. The third-order valence-corrected chi connectivity index (χ3v) is 5.43. The molecule has 0 heterocycles. The van der Waals surface area contributed by atoms with Crippen molar-refractivity contribution < 1.29 is 9.90 Å². The van der Waals surface area contributed by atoms with Gasteiger partial charge in [-0.2, -0.15) is 0 Å². The van der Waals surface area contributed by atoms with E-state index in [0.717, 1.165) is 12.8 Å².